The zero-order chi connectivity index (χ0) is 15.1. The van der Waals surface area contributed by atoms with Gasteiger partial charge >= 0.3 is 0 Å². The number of guanidine groups is 1. The van der Waals surface area contributed by atoms with Crippen molar-refractivity contribution < 1.29 is 9.13 Å². The van der Waals surface area contributed by atoms with Gasteiger partial charge in [0.2, 0.25) is 0 Å². The molecule has 21 heavy (non-hydrogen) atoms. The molecule has 1 aromatic carbocycles. The van der Waals surface area contributed by atoms with Crippen molar-refractivity contribution in [3.63, 3.8) is 0 Å². The Hall–Kier alpha value is -2.63. The summed E-state index contributed by atoms with van der Waals surface area (Å²) in [5, 5.41) is 5.95. The Balaban J connectivity index is 2.04. The second-order valence-corrected chi connectivity index (χ2v) is 4.23. The van der Waals surface area contributed by atoms with Crippen LogP contribution in [-0.4, -0.2) is 25.0 Å². The van der Waals surface area contributed by atoms with E-state index in [1.165, 1.54) is 12.3 Å². The number of pyridine rings is 1. The summed E-state index contributed by atoms with van der Waals surface area (Å²) in [6.07, 6.45) is 3.17. The molecule has 0 fully saturated rings. The van der Waals surface area contributed by atoms with E-state index in [0.29, 0.717) is 18.3 Å². The minimum Gasteiger partial charge on any atom is -0.453 e. The largest absolute Gasteiger partial charge is 0.453 e. The molecule has 0 unspecified atom stereocenters. The van der Waals surface area contributed by atoms with Crippen LogP contribution in [0.4, 0.5) is 4.39 Å². The van der Waals surface area contributed by atoms with Crippen LogP contribution in [0.25, 0.3) is 0 Å². The molecule has 0 spiro atoms. The van der Waals surface area contributed by atoms with Gasteiger partial charge in [0.1, 0.15) is 5.75 Å². The van der Waals surface area contributed by atoms with Gasteiger partial charge in [-0.1, -0.05) is 6.07 Å². The van der Waals surface area contributed by atoms with Crippen LogP contribution in [0.15, 0.2) is 47.7 Å². The number of hydrogen-bond acceptors (Lipinski definition) is 3. The zero-order valence-electron chi connectivity index (χ0n) is 11.9. The van der Waals surface area contributed by atoms with E-state index in [9.17, 15) is 4.39 Å². The Kier molecular flexibility index (Phi) is 5.09. The molecule has 0 amide bonds. The van der Waals surface area contributed by atoms with E-state index < -0.39 is 5.82 Å². The molecule has 110 valence electrons. The summed E-state index contributed by atoms with van der Waals surface area (Å²) < 4.78 is 19.4. The lowest BCUT2D eigenvalue weighted by Gasteiger charge is -2.10. The second kappa shape index (κ2) is 7.23. The van der Waals surface area contributed by atoms with Crippen molar-refractivity contribution in [1.29, 1.82) is 0 Å². The number of nitrogens with zero attached hydrogens (tertiary/aromatic N) is 2. The summed E-state index contributed by atoms with van der Waals surface area (Å²) in [4.78, 5) is 7.90. The van der Waals surface area contributed by atoms with Gasteiger partial charge in [-0.25, -0.2) is 4.39 Å². The Morgan fingerprint density at radius 3 is 2.86 bits per heavy atom. The van der Waals surface area contributed by atoms with Crippen LogP contribution in [0.2, 0.25) is 0 Å². The highest BCUT2D eigenvalue weighted by atomic mass is 19.1. The van der Waals surface area contributed by atoms with Crippen LogP contribution in [0.5, 0.6) is 11.5 Å². The Bertz CT molecular complexity index is 616. The average molecular weight is 288 g/mol. The van der Waals surface area contributed by atoms with Gasteiger partial charge in [0.05, 0.1) is 6.20 Å². The zero-order valence-corrected chi connectivity index (χ0v) is 11.9. The molecule has 1 heterocycles. The number of nitrogens with one attached hydrogen (secondary N) is 2. The highest BCUT2D eigenvalue weighted by molar-refractivity contribution is 5.79. The summed E-state index contributed by atoms with van der Waals surface area (Å²) in [6.45, 7) is 0.470. The van der Waals surface area contributed by atoms with Crippen molar-refractivity contribution in [3.05, 3.63) is 54.1 Å². The van der Waals surface area contributed by atoms with Crippen molar-refractivity contribution in [2.75, 3.05) is 14.1 Å². The number of benzene rings is 1. The summed E-state index contributed by atoms with van der Waals surface area (Å²) in [5.41, 5.74) is 0.794. The fourth-order valence-corrected chi connectivity index (χ4v) is 1.74. The van der Waals surface area contributed by atoms with Crippen LogP contribution < -0.4 is 15.4 Å². The topological polar surface area (TPSA) is 58.5 Å². The van der Waals surface area contributed by atoms with E-state index >= 15 is 0 Å². The van der Waals surface area contributed by atoms with Gasteiger partial charge in [-0.2, -0.15) is 0 Å². The first kappa shape index (κ1) is 14.8. The molecule has 5 nitrogen and oxygen atoms in total. The number of aromatic nitrogens is 1. The smallest absolute Gasteiger partial charge is 0.190 e. The van der Waals surface area contributed by atoms with Gasteiger partial charge in [0.25, 0.3) is 0 Å². The van der Waals surface area contributed by atoms with Gasteiger partial charge in [-0.15, -0.1) is 0 Å². The first-order valence-electron chi connectivity index (χ1n) is 6.47. The maximum Gasteiger partial charge on any atom is 0.190 e. The standard InChI is InChI=1S/C15H17FN4O/c1-17-15(18-2)20-9-11-5-6-14(13(16)8-11)21-12-4-3-7-19-10-12/h3-8,10H,9H2,1-2H3,(H2,17,18,20). The van der Waals surface area contributed by atoms with E-state index in [2.05, 4.69) is 20.6 Å². The average Bonchev–Trinajstić information content (AvgIpc) is 2.52. The summed E-state index contributed by atoms with van der Waals surface area (Å²) in [7, 11) is 3.44. The third-order valence-electron chi connectivity index (χ3n) is 2.78. The molecule has 0 aliphatic carbocycles. The maximum absolute atomic E-state index is 14.0. The molecule has 0 aliphatic rings. The quantitative estimate of drug-likeness (QED) is 0.669. The first-order chi connectivity index (χ1) is 10.2. The first-order valence-corrected chi connectivity index (χ1v) is 6.47. The molecule has 2 aromatic rings. The molecule has 0 saturated heterocycles. The summed E-state index contributed by atoms with van der Waals surface area (Å²) in [5.74, 6) is 0.895. The van der Waals surface area contributed by atoms with Gasteiger partial charge in [0, 0.05) is 26.8 Å². The molecular weight excluding hydrogens is 271 g/mol. The molecule has 0 radical (unpaired) electrons. The fourth-order valence-electron chi connectivity index (χ4n) is 1.74. The highest BCUT2D eigenvalue weighted by Gasteiger charge is 2.06. The Morgan fingerprint density at radius 2 is 2.24 bits per heavy atom. The van der Waals surface area contributed by atoms with Gasteiger partial charge in [-0.05, 0) is 29.8 Å². The normalized spacial score (nSPS) is 11.1. The van der Waals surface area contributed by atoms with E-state index in [4.69, 9.17) is 4.74 Å². The van der Waals surface area contributed by atoms with E-state index in [0.717, 1.165) is 5.56 Å². The minimum atomic E-state index is -0.419. The Morgan fingerprint density at radius 1 is 1.38 bits per heavy atom. The van der Waals surface area contributed by atoms with Gasteiger partial charge < -0.3 is 15.4 Å². The third-order valence-corrected chi connectivity index (χ3v) is 2.78. The van der Waals surface area contributed by atoms with Crippen molar-refractivity contribution in [2.45, 2.75) is 6.54 Å². The fraction of sp³-hybridized carbons (Fsp3) is 0.200. The molecule has 0 aliphatic heterocycles. The summed E-state index contributed by atoms with van der Waals surface area (Å²) in [6, 6.07) is 8.28. The third kappa shape index (κ3) is 4.17. The Labute approximate surface area is 122 Å². The van der Waals surface area contributed by atoms with Gasteiger partial charge in [-0.3, -0.25) is 9.98 Å². The predicted octanol–water partition coefficient (Wildman–Crippen LogP) is 2.31. The lowest BCUT2D eigenvalue weighted by atomic mass is 10.2. The van der Waals surface area contributed by atoms with Crippen molar-refractivity contribution in [3.8, 4) is 11.5 Å². The lowest BCUT2D eigenvalue weighted by Crippen LogP contribution is -2.34. The number of halogens is 1. The van der Waals surface area contributed by atoms with E-state index in [1.54, 1.807) is 44.6 Å². The number of rotatable bonds is 4. The minimum absolute atomic E-state index is 0.171. The second-order valence-electron chi connectivity index (χ2n) is 4.23. The SMILES string of the molecule is CN=C(NC)NCc1ccc(Oc2cccnc2)c(F)c1. The number of hydrogen-bond donors (Lipinski definition) is 2. The molecule has 6 heteroatoms. The molecule has 0 saturated carbocycles. The van der Waals surface area contributed by atoms with Crippen LogP contribution in [-0.2, 0) is 6.54 Å². The lowest BCUT2D eigenvalue weighted by molar-refractivity contribution is 0.440. The number of aliphatic imine (C=N–C) groups is 1. The van der Waals surface area contributed by atoms with Crippen LogP contribution in [0.3, 0.4) is 0 Å². The maximum atomic E-state index is 14.0. The van der Waals surface area contributed by atoms with Crippen LogP contribution in [0.1, 0.15) is 5.56 Å². The summed E-state index contributed by atoms with van der Waals surface area (Å²) >= 11 is 0. The van der Waals surface area contributed by atoms with Gasteiger partial charge in [0.15, 0.2) is 17.5 Å². The molecule has 2 N–H and O–H groups in total. The van der Waals surface area contributed by atoms with E-state index in [1.807, 2.05) is 0 Å². The van der Waals surface area contributed by atoms with E-state index in [-0.39, 0.29) is 5.75 Å². The highest BCUT2D eigenvalue weighted by Crippen LogP contribution is 2.24. The molecule has 1 aromatic heterocycles. The molecule has 0 atom stereocenters. The molecular formula is C15H17FN4O. The van der Waals surface area contributed by atoms with Crippen LogP contribution in [0, 0.1) is 5.82 Å². The monoisotopic (exact) mass is 288 g/mol. The number of ether oxygens (including phenoxy) is 1. The molecule has 2 rings (SSSR count). The molecule has 0 bridgehead atoms. The van der Waals surface area contributed by atoms with Crippen LogP contribution >= 0.6 is 0 Å². The van der Waals surface area contributed by atoms with Crippen molar-refractivity contribution >= 4 is 5.96 Å². The van der Waals surface area contributed by atoms with Crippen molar-refractivity contribution in [1.82, 2.24) is 15.6 Å². The predicted molar refractivity (Wildman–Crippen MR) is 80.0 cm³/mol. The van der Waals surface area contributed by atoms with Crippen molar-refractivity contribution in [2.24, 2.45) is 4.99 Å².